The molecular weight excluding hydrogens is 286 g/mol. The zero-order valence-electron chi connectivity index (χ0n) is 15.8. The molecule has 1 aliphatic carbocycles. The van der Waals surface area contributed by atoms with Crippen molar-refractivity contribution in [2.45, 2.75) is 96.2 Å². The van der Waals surface area contributed by atoms with Crippen LogP contribution in [0.3, 0.4) is 0 Å². The molecule has 0 aromatic rings. The average Bonchev–Trinajstić information content (AvgIpc) is 2.38. The molecule has 0 unspecified atom stereocenters. The Labute approximate surface area is 136 Å². The van der Waals surface area contributed by atoms with Crippen molar-refractivity contribution in [3.8, 4) is 0 Å². The topological polar surface area (TPSA) is 3.24 Å². The van der Waals surface area contributed by atoms with E-state index in [0.29, 0.717) is 5.04 Å². The van der Waals surface area contributed by atoms with Gasteiger partial charge in [0.25, 0.3) is 0 Å². The van der Waals surface area contributed by atoms with Crippen molar-refractivity contribution >= 4 is 16.3 Å². The second kappa shape index (κ2) is 7.14. The average molecular weight is 326 g/mol. The van der Waals surface area contributed by atoms with Crippen molar-refractivity contribution in [2.75, 3.05) is 6.54 Å². The second-order valence-corrected chi connectivity index (χ2v) is 19.3. The van der Waals surface area contributed by atoms with E-state index in [1.54, 1.807) is 0 Å². The predicted octanol–water partition coefficient (Wildman–Crippen LogP) is 6.06. The van der Waals surface area contributed by atoms with Gasteiger partial charge in [-0.25, -0.2) is 0 Å². The van der Waals surface area contributed by atoms with Crippen LogP contribution in [0.15, 0.2) is 12.3 Å². The summed E-state index contributed by atoms with van der Waals surface area (Å²) >= 11 is 0. The first-order chi connectivity index (χ1) is 9.51. The molecule has 1 rings (SSSR count). The van der Waals surface area contributed by atoms with E-state index in [2.05, 4.69) is 63.8 Å². The van der Waals surface area contributed by atoms with Crippen LogP contribution in [0, 0.1) is 0 Å². The van der Waals surface area contributed by atoms with Crippen molar-refractivity contribution in [1.29, 1.82) is 0 Å². The summed E-state index contributed by atoms with van der Waals surface area (Å²) in [6.45, 7) is 22.9. The maximum atomic E-state index is 4.09. The zero-order valence-corrected chi connectivity index (χ0v) is 17.8. The van der Waals surface area contributed by atoms with Crippen molar-refractivity contribution in [3.63, 3.8) is 0 Å². The Morgan fingerprint density at radius 1 is 1.05 bits per heavy atom. The summed E-state index contributed by atoms with van der Waals surface area (Å²) in [4.78, 5) is 0. The van der Waals surface area contributed by atoms with E-state index in [-0.39, 0.29) is 0 Å². The van der Waals surface area contributed by atoms with Crippen molar-refractivity contribution in [3.05, 3.63) is 12.3 Å². The number of nitrogens with zero attached hydrogens (tertiary/aromatic N) is 1. The van der Waals surface area contributed by atoms with Crippen molar-refractivity contribution in [2.24, 2.45) is 0 Å². The van der Waals surface area contributed by atoms with Gasteiger partial charge in [-0.2, -0.15) is 0 Å². The fourth-order valence-electron chi connectivity index (χ4n) is 3.25. The molecule has 124 valence electrons. The first kappa shape index (κ1) is 19.2. The number of hydrogen-bond acceptors (Lipinski definition) is 1. The number of hydrogen-bond donors (Lipinski definition) is 0. The van der Waals surface area contributed by atoms with E-state index in [1.165, 1.54) is 44.7 Å². The Balaban J connectivity index is 2.91. The molecule has 0 heterocycles. The summed E-state index contributed by atoms with van der Waals surface area (Å²) in [7, 11) is -2.61. The van der Waals surface area contributed by atoms with Gasteiger partial charge < -0.3 is 4.57 Å². The maximum absolute atomic E-state index is 4.09. The summed E-state index contributed by atoms with van der Waals surface area (Å²) in [5, 5.41) is 0.449. The van der Waals surface area contributed by atoms with Crippen molar-refractivity contribution in [1.82, 2.24) is 4.57 Å². The van der Waals surface area contributed by atoms with Gasteiger partial charge in [-0.05, 0) is 30.5 Å². The minimum atomic E-state index is -1.41. The minimum Gasteiger partial charge on any atom is -0.321 e. The van der Waals surface area contributed by atoms with Gasteiger partial charge >= 0.3 is 0 Å². The number of rotatable bonds is 6. The summed E-state index contributed by atoms with van der Waals surface area (Å²) in [5.41, 5.74) is 2.28. The molecule has 0 atom stereocenters. The minimum absolute atomic E-state index is 0.449. The van der Waals surface area contributed by atoms with Gasteiger partial charge in [0.15, 0.2) is 0 Å². The van der Waals surface area contributed by atoms with E-state index in [4.69, 9.17) is 0 Å². The highest BCUT2D eigenvalue weighted by atomic mass is 28.3. The Kier molecular flexibility index (Phi) is 6.52. The summed E-state index contributed by atoms with van der Waals surface area (Å²) in [6, 6.07) is 2.23. The molecule has 0 N–H and O–H groups in total. The first-order valence-electron chi connectivity index (χ1n) is 8.92. The summed E-state index contributed by atoms with van der Waals surface area (Å²) < 4.78 is 3.00. The highest BCUT2D eigenvalue weighted by Gasteiger charge is 2.44. The first-order valence-corrected chi connectivity index (χ1v) is 15.1. The summed E-state index contributed by atoms with van der Waals surface area (Å²) in [5.74, 6) is 0. The third kappa shape index (κ3) is 5.07. The van der Waals surface area contributed by atoms with E-state index in [1.807, 2.05) is 0 Å². The van der Waals surface area contributed by atoms with E-state index in [9.17, 15) is 0 Å². The zero-order chi connectivity index (χ0) is 16.3. The van der Waals surface area contributed by atoms with Crippen LogP contribution in [0.2, 0.25) is 37.3 Å². The molecule has 21 heavy (non-hydrogen) atoms. The van der Waals surface area contributed by atoms with Crippen LogP contribution >= 0.6 is 0 Å². The van der Waals surface area contributed by atoms with Gasteiger partial charge in [0.1, 0.15) is 8.24 Å². The largest absolute Gasteiger partial charge is 0.321 e. The Bertz CT molecular complexity index is 336. The van der Waals surface area contributed by atoms with Crippen LogP contribution in [-0.2, 0) is 0 Å². The molecular formula is C18H39NSi2. The fourth-order valence-corrected chi connectivity index (χ4v) is 7.20. The Morgan fingerprint density at radius 2 is 1.57 bits per heavy atom. The fraction of sp³-hybridized carbons (Fsp3) is 0.889. The van der Waals surface area contributed by atoms with Gasteiger partial charge in [0.05, 0.1) is 8.07 Å². The molecule has 0 aromatic heterocycles. The lowest BCUT2D eigenvalue weighted by atomic mass is 9.95. The molecule has 0 saturated heterocycles. The quantitative estimate of drug-likeness (QED) is 0.536. The van der Waals surface area contributed by atoms with Crippen LogP contribution in [0.5, 0.6) is 0 Å². The Hall–Kier alpha value is 0.134. The predicted molar refractivity (Wildman–Crippen MR) is 103 cm³/mol. The molecule has 1 aliphatic rings. The van der Waals surface area contributed by atoms with Crippen LogP contribution in [-0.4, -0.2) is 33.5 Å². The molecule has 1 saturated carbocycles. The lowest BCUT2D eigenvalue weighted by Crippen LogP contribution is -2.60. The molecule has 1 nitrogen and oxygen atoms in total. The third-order valence-electron chi connectivity index (χ3n) is 6.12. The normalized spacial score (nSPS) is 19.0. The van der Waals surface area contributed by atoms with Crippen LogP contribution in [0.1, 0.15) is 52.9 Å². The van der Waals surface area contributed by atoms with Gasteiger partial charge in [0.2, 0.25) is 0 Å². The maximum Gasteiger partial charge on any atom is 0.127 e. The summed E-state index contributed by atoms with van der Waals surface area (Å²) in [6.07, 6.45) is 7.20. The van der Waals surface area contributed by atoms with E-state index in [0.717, 1.165) is 6.04 Å². The SMILES string of the molecule is C=C[Si](C)(C)CCN(C1CCCCC1)[Si](C)(C)C(C)(C)C. The van der Waals surface area contributed by atoms with E-state index < -0.39 is 16.3 Å². The third-order valence-corrected chi connectivity index (χ3v) is 14.4. The molecule has 0 aromatic carbocycles. The van der Waals surface area contributed by atoms with Gasteiger partial charge in [-0.15, -0.1) is 12.3 Å². The lowest BCUT2D eigenvalue weighted by molar-refractivity contribution is 0.245. The molecule has 1 fully saturated rings. The Morgan fingerprint density at radius 3 is 2.00 bits per heavy atom. The molecule has 0 aliphatic heterocycles. The van der Waals surface area contributed by atoms with Gasteiger partial charge in [0, 0.05) is 6.04 Å². The van der Waals surface area contributed by atoms with Crippen LogP contribution in [0.4, 0.5) is 0 Å². The highest BCUT2D eigenvalue weighted by Crippen LogP contribution is 2.41. The van der Waals surface area contributed by atoms with Gasteiger partial charge in [-0.3, -0.25) is 0 Å². The van der Waals surface area contributed by atoms with Crippen LogP contribution < -0.4 is 0 Å². The standard InChI is InChI=1S/C18H39NSi2/c1-9-20(5,6)16-15-19(17-13-11-10-12-14-17)21(7,8)18(2,3)4/h9,17H,1,10-16H2,2-8H3. The van der Waals surface area contributed by atoms with E-state index >= 15 is 0 Å². The molecule has 0 spiro atoms. The molecule has 0 bridgehead atoms. The molecule has 3 heteroatoms. The second-order valence-electron chi connectivity index (χ2n) is 9.24. The lowest BCUT2D eigenvalue weighted by Gasteiger charge is -2.51. The highest BCUT2D eigenvalue weighted by molar-refractivity contribution is 6.82. The smallest absolute Gasteiger partial charge is 0.127 e. The monoisotopic (exact) mass is 325 g/mol. The van der Waals surface area contributed by atoms with Gasteiger partial charge in [-0.1, -0.05) is 66.2 Å². The van der Waals surface area contributed by atoms with Crippen molar-refractivity contribution < 1.29 is 0 Å². The molecule has 0 radical (unpaired) electrons. The van der Waals surface area contributed by atoms with Crippen LogP contribution in [0.25, 0.3) is 0 Å². The molecule has 0 amide bonds.